The lowest BCUT2D eigenvalue weighted by Crippen LogP contribution is -2.45. The summed E-state index contributed by atoms with van der Waals surface area (Å²) in [5.74, 6) is -4.41. The summed E-state index contributed by atoms with van der Waals surface area (Å²) >= 11 is 13.3. The van der Waals surface area contributed by atoms with E-state index in [0.717, 1.165) is 11.1 Å². The number of fused-ring (bicyclic) bond motifs is 1. The number of hydrogen-bond acceptors (Lipinski definition) is 2. The van der Waals surface area contributed by atoms with E-state index in [-0.39, 0.29) is 54.4 Å². The summed E-state index contributed by atoms with van der Waals surface area (Å²) in [5, 5.41) is 11.0. The molecule has 200 valence electrons. The van der Waals surface area contributed by atoms with Crippen LogP contribution in [0.4, 0.5) is 8.78 Å². The Hall–Kier alpha value is -3.16. The molecule has 9 heteroatoms. The molecule has 0 saturated carbocycles. The molecule has 2 aromatic carbocycles. The van der Waals surface area contributed by atoms with E-state index < -0.39 is 17.3 Å². The predicted octanol–water partition coefficient (Wildman–Crippen LogP) is 7.16. The predicted molar refractivity (Wildman–Crippen MR) is 146 cm³/mol. The number of rotatable bonds is 7. The quantitative estimate of drug-likeness (QED) is 0.312. The van der Waals surface area contributed by atoms with Crippen LogP contribution in [-0.2, 0) is 24.2 Å². The number of hydrogen-bond donors (Lipinski definition) is 1. The van der Waals surface area contributed by atoms with Gasteiger partial charge in [-0.1, -0.05) is 35.9 Å². The van der Waals surface area contributed by atoms with Gasteiger partial charge in [0.1, 0.15) is 0 Å². The second-order valence-electron chi connectivity index (χ2n) is 9.77. The van der Waals surface area contributed by atoms with Crippen molar-refractivity contribution in [3.05, 3.63) is 93.6 Å². The fourth-order valence-electron chi connectivity index (χ4n) is 5.03. The van der Waals surface area contributed by atoms with Crippen LogP contribution in [0.25, 0.3) is 10.9 Å². The number of allylic oxidation sites excluding steroid dienone is 1. The molecule has 0 atom stereocenters. The number of piperidine rings is 1. The zero-order valence-corrected chi connectivity index (χ0v) is 22.7. The summed E-state index contributed by atoms with van der Waals surface area (Å²) < 4.78 is 30.5. The van der Waals surface area contributed by atoms with Crippen molar-refractivity contribution in [1.29, 1.82) is 0 Å². The number of nitrogens with zero attached hydrogens (tertiary/aromatic N) is 2. The van der Waals surface area contributed by atoms with Gasteiger partial charge in [-0.25, -0.2) is 0 Å². The summed E-state index contributed by atoms with van der Waals surface area (Å²) in [6.45, 7) is 9.20. The number of likely N-dealkylation sites (tertiary alicyclic amines) is 1. The van der Waals surface area contributed by atoms with E-state index in [1.165, 1.54) is 18.2 Å². The SMILES string of the molecule is C=CC1(C(=O)O)CCN(C(=O)c2ccc(Cl)c(Cc3cc4c(C)cc(C(F)(F)C=C)cc4n3C)c2Cl)CC1. The highest BCUT2D eigenvalue weighted by Gasteiger charge is 2.40. The zero-order chi connectivity index (χ0) is 28.0. The van der Waals surface area contributed by atoms with Crippen molar-refractivity contribution in [1.82, 2.24) is 9.47 Å². The lowest BCUT2D eigenvalue weighted by atomic mass is 9.78. The van der Waals surface area contributed by atoms with Gasteiger partial charge in [-0.15, -0.1) is 6.58 Å². The molecule has 2 heterocycles. The normalized spacial score (nSPS) is 15.5. The number of aliphatic carboxylic acids is 1. The fourth-order valence-corrected chi connectivity index (χ4v) is 5.62. The molecule has 1 aliphatic heterocycles. The minimum atomic E-state index is -3.16. The van der Waals surface area contributed by atoms with Crippen molar-refractivity contribution in [2.24, 2.45) is 12.5 Å². The van der Waals surface area contributed by atoms with Gasteiger partial charge in [0.15, 0.2) is 0 Å². The van der Waals surface area contributed by atoms with E-state index in [9.17, 15) is 23.5 Å². The first-order valence-electron chi connectivity index (χ1n) is 12.1. The molecule has 1 fully saturated rings. The number of amides is 1. The molecule has 1 aromatic heterocycles. The largest absolute Gasteiger partial charge is 0.481 e. The molecule has 0 radical (unpaired) electrons. The Morgan fingerprint density at radius 2 is 1.82 bits per heavy atom. The molecule has 38 heavy (non-hydrogen) atoms. The van der Waals surface area contributed by atoms with E-state index in [1.807, 2.05) is 10.6 Å². The lowest BCUT2D eigenvalue weighted by Gasteiger charge is -2.37. The molecule has 1 N–H and O–H groups in total. The Balaban J connectivity index is 1.66. The third kappa shape index (κ3) is 4.74. The minimum absolute atomic E-state index is 0.140. The number of carboxylic acids is 1. The van der Waals surface area contributed by atoms with Crippen molar-refractivity contribution < 1.29 is 23.5 Å². The molecule has 0 spiro atoms. The van der Waals surface area contributed by atoms with Crippen LogP contribution in [0.2, 0.25) is 10.0 Å². The molecular weight excluding hydrogens is 533 g/mol. The van der Waals surface area contributed by atoms with Gasteiger partial charge >= 0.3 is 5.97 Å². The van der Waals surface area contributed by atoms with Gasteiger partial charge in [-0.2, -0.15) is 8.78 Å². The summed E-state index contributed by atoms with van der Waals surface area (Å²) in [6.07, 6.45) is 2.86. The summed E-state index contributed by atoms with van der Waals surface area (Å²) in [7, 11) is 1.78. The molecule has 1 aliphatic rings. The van der Waals surface area contributed by atoms with Crippen LogP contribution < -0.4 is 0 Å². The van der Waals surface area contributed by atoms with E-state index in [2.05, 4.69) is 13.2 Å². The van der Waals surface area contributed by atoms with E-state index in [1.54, 1.807) is 31.0 Å². The van der Waals surface area contributed by atoms with Gasteiger partial charge in [-0.05, 0) is 67.3 Å². The minimum Gasteiger partial charge on any atom is -0.481 e. The second-order valence-corrected chi connectivity index (χ2v) is 10.6. The maximum Gasteiger partial charge on any atom is 0.313 e. The Kier molecular flexibility index (Phi) is 7.47. The lowest BCUT2D eigenvalue weighted by molar-refractivity contribution is -0.148. The van der Waals surface area contributed by atoms with E-state index in [4.69, 9.17) is 23.2 Å². The Bertz CT molecular complexity index is 1470. The highest BCUT2D eigenvalue weighted by atomic mass is 35.5. The van der Waals surface area contributed by atoms with Crippen LogP contribution in [-0.4, -0.2) is 39.5 Å². The maximum absolute atomic E-state index is 14.3. The number of aryl methyl sites for hydroxylation is 2. The van der Waals surface area contributed by atoms with Gasteiger partial charge in [0.05, 0.1) is 16.0 Å². The van der Waals surface area contributed by atoms with Crippen molar-refractivity contribution in [3.8, 4) is 0 Å². The first kappa shape index (κ1) is 27.9. The van der Waals surface area contributed by atoms with Crippen LogP contribution in [0.15, 0.2) is 55.6 Å². The third-order valence-electron chi connectivity index (χ3n) is 7.64. The number of carbonyl (C=O) groups is 2. The standard InChI is InChI=1S/C29H28Cl2F2N2O3/c1-5-28(27(37)38)9-11-35(12-10-28)26(36)20-7-8-23(30)22(25(20)31)16-19-15-21-17(3)13-18(29(32,33)6-2)14-24(21)34(19)4/h5-8,13-15H,1-2,9-12,16H2,3-4H3,(H,37,38). The molecule has 0 bridgehead atoms. The van der Waals surface area contributed by atoms with Crippen LogP contribution in [0, 0.1) is 12.3 Å². The number of alkyl halides is 2. The molecular formula is C29H28Cl2F2N2O3. The monoisotopic (exact) mass is 560 g/mol. The van der Waals surface area contributed by atoms with Crippen molar-refractivity contribution in [2.75, 3.05) is 13.1 Å². The Morgan fingerprint density at radius 1 is 1.16 bits per heavy atom. The number of aromatic nitrogens is 1. The molecule has 5 nitrogen and oxygen atoms in total. The van der Waals surface area contributed by atoms with E-state index in [0.29, 0.717) is 27.7 Å². The first-order chi connectivity index (χ1) is 17.8. The van der Waals surface area contributed by atoms with Crippen molar-refractivity contribution >= 4 is 46.0 Å². The van der Waals surface area contributed by atoms with Gasteiger partial charge in [0.2, 0.25) is 0 Å². The van der Waals surface area contributed by atoms with E-state index >= 15 is 0 Å². The topological polar surface area (TPSA) is 62.5 Å². The summed E-state index contributed by atoms with van der Waals surface area (Å²) in [6, 6.07) is 8.00. The number of carboxylic acid groups (broad SMARTS) is 1. The molecule has 3 aromatic rings. The zero-order valence-electron chi connectivity index (χ0n) is 21.2. The van der Waals surface area contributed by atoms with Crippen molar-refractivity contribution in [2.45, 2.75) is 32.1 Å². The van der Waals surface area contributed by atoms with Gasteiger partial charge in [0.25, 0.3) is 11.8 Å². The maximum atomic E-state index is 14.3. The Labute approximate surface area is 229 Å². The van der Waals surface area contributed by atoms with Crippen LogP contribution in [0.1, 0.15) is 45.6 Å². The third-order valence-corrected chi connectivity index (χ3v) is 8.43. The Morgan fingerprint density at radius 3 is 2.39 bits per heavy atom. The van der Waals surface area contributed by atoms with Gasteiger partial charge in [0, 0.05) is 53.7 Å². The van der Waals surface area contributed by atoms with Crippen LogP contribution >= 0.6 is 23.2 Å². The number of halogens is 4. The van der Waals surface area contributed by atoms with Gasteiger partial charge < -0.3 is 14.6 Å². The highest BCUT2D eigenvalue weighted by molar-refractivity contribution is 6.38. The molecule has 0 aliphatic carbocycles. The molecule has 1 amide bonds. The summed E-state index contributed by atoms with van der Waals surface area (Å²) in [4.78, 5) is 26.7. The average molecular weight is 561 g/mol. The van der Waals surface area contributed by atoms with Crippen LogP contribution in [0.3, 0.4) is 0 Å². The fraction of sp³-hybridized carbons (Fsp3) is 0.310. The van der Waals surface area contributed by atoms with Crippen LogP contribution in [0.5, 0.6) is 0 Å². The van der Waals surface area contributed by atoms with Gasteiger partial charge in [-0.3, -0.25) is 9.59 Å². The molecule has 4 rings (SSSR count). The molecule has 1 saturated heterocycles. The smallest absolute Gasteiger partial charge is 0.313 e. The van der Waals surface area contributed by atoms with Crippen molar-refractivity contribution in [3.63, 3.8) is 0 Å². The number of carbonyl (C=O) groups excluding carboxylic acids is 1. The number of benzene rings is 2. The summed E-state index contributed by atoms with van der Waals surface area (Å²) in [5.41, 5.74) is 1.74. The second kappa shape index (κ2) is 10.2. The average Bonchev–Trinajstić information content (AvgIpc) is 3.21. The molecule has 0 unspecified atom stereocenters. The highest BCUT2D eigenvalue weighted by Crippen LogP contribution is 2.37. The first-order valence-corrected chi connectivity index (χ1v) is 12.8.